The minimum Gasteiger partial charge on any atom is -0.385 e. The first kappa shape index (κ1) is 18.3. The van der Waals surface area contributed by atoms with Gasteiger partial charge < -0.3 is 15.0 Å². The van der Waals surface area contributed by atoms with E-state index in [0.29, 0.717) is 23.5 Å². The monoisotopic (exact) mass is 358 g/mol. The first-order chi connectivity index (χ1) is 11.2. The number of thioether (sulfide) groups is 1. The molecule has 0 bridgehead atoms. The summed E-state index contributed by atoms with van der Waals surface area (Å²) >= 11 is 7.41. The quantitative estimate of drug-likeness (QED) is 0.333. The van der Waals surface area contributed by atoms with E-state index in [4.69, 9.17) is 16.3 Å². The van der Waals surface area contributed by atoms with Crippen molar-refractivity contribution in [2.75, 3.05) is 44.0 Å². The fourth-order valence-corrected chi connectivity index (χ4v) is 3.27. The van der Waals surface area contributed by atoms with Crippen molar-refractivity contribution in [3.8, 4) is 0 Å². The summed E-state index contributed by atoms with van der Waals surface area (Å²) < 4.78 is 4.94. The van der Waals surface area contributed by atoms with Crippen LogP contribution in [0.2, 0.25) is 5.15 Å². The molecule has 0 aliphatic carbocycles. The van der Waals surface area contributed by atoms with Crippen LogP contribution in [0.3, 0.4) is 0 Å². The van der Waals surface area contributed by atoms with E-state index in [9.17, 15) is 4.79 Å². The second kappa shape index (κ2) is 9.95. The van der Waals surface area contributed by atoms with Crippen molar-refractivity contribution in [3.05, 3.63) is 11.2 Å². The Balaban J connectivity index is 1.84. The maximum atomic E-state index is 11.8. The third-order valence-corrected chi connectivity index (χ3v) is 4.56. The lowest BCUT2D eigenvalue weighted by atomic mass is 10.1. The largest absolute Gasteiger partial charge is 0.385 e. The predicted octanol–water partition coefficient (Wildman–Crippen LogP) is 2.37. The van der Waals surface area contributed by atoms with Crippen molar-refractivity contribution in [1.29, 1.82) is 0 Å². The second-order valence-corrected chi connectivity index (χ2v) is 6.69. The normalized spacial score (nSPS) is 14.8. The van der Waals surface area contributed by atoms with Gasteiger partial charge in [-0.1, -0.05) is 23.4 Å². The molecule has 0 aromatic carbocycles. The van der Waals surface area contributed by atoms with E-state index in [-0.39, 0.29) is 11.7 Å². The summed E-state index contributed by atoms with van der Waals surface area (Å²) in [4.78, 5) is 22.7. The van der Waals surface area contributed by atoms with Gasteiger partial charge in [0.05, 0.1) is 5.75 Å². The number of amides is 1. The average Bonchev–Trinajstić information content (AvgIpc) is 2.57. The molecule has 1 aromatic rings. The standard InChI is InChI=1S/C15H23ClN4O2S/c1-22-9-5-6-17-14(21)11-23-15-18-12(16)10-13(19-15)20-7-3-2-4-8-20/h10H,2-9,11H2,1H3,(H,17,21). The summed E-state index contributed by atoms with van der Waals surface area (Å²) in [6.07, 6.45) is 4.42. The topological polar surface area (TPSA) is 67.3 Å². The Morgan fingerprint density at radius 1 is 1.39 bits per heavy atom. The highest BCUT2D eigenvalue weighted by atomic mass is 35.5. The number of rotatable bonds is 8. The summed E-state index contributed by atoms with van der Waals surface area (Å²) in [6.45, 7) is 3.25. The number of carbonyl (C=O) groups excluding carboxylic acids is 1. The molecule has 0 radical (unpaired) electrons. The minimum absolute atomic E-state index is 0.0331. The number of aromatic nitrogens is 2. The highest BCUT2D eigenvalue weighted by Crippen LogP contribution is 2.24. The maximum Gasteiger partial charge on any atom is 0.230 e. The molecule has 0 unspecified atom stereocenters. The Hall–Kier alpha value is -1.05. The summed E-state index contributed by atoms with van der Waals surface area (Å²) in [7, 11) is 1.65. The van der Waals surface area contributed by atoms with E-state index < -0.39 is 0 Å². The fourth-order valence-electron chi connectivity index (χ4n) is 2.36. The van der Waals surface area contributed by atoms with Crippen molar-refractivity contribution < 1.29 is 9.53 Å². The molecule has 1 amide bonds. The predicted molar refractivity (Wildman–Crippen MR) is 93.3 cm³/mol. The van der Waals surface area contributed by atoms with Gasteiger partial charge in [-0.15, -0.1) is 0 Å². The lowest BCUT2D eigenvalue weighted by Gasteiger charge is -2.27. The molecule has 6 nitrogen and oxygen atoms in total. The summed E-state index contributed by atoms with van der Waals surface area (Å²) in [5.74, 6) is 1.11. The number of piperidine rings is 1. The fraction of sp³-hybridized carbons (Fsp3) is 0.667. The van der Waals surface area contributed by atoms with Gasteiger partial charge in [-0.05, 0) is 25.7 Å². The van der Waals surface area contributed by atoms with Gasteiger partial charge in [0.2, 0.25) is 5.91 Å². The Labute approximate surface area is 146 Å². The lowest BCUT2D eigenvalue weighted by Crippen LogP contribution is -2.30. The number of ether oxygens (including phenoxy) is 1. The van der Waals surface area contributed by atoms with Crippen LogP contribution in [0.4, 0.5) is 5.82 Å². The van der Waals surface area contributed by atoms with E-state index in [1.165, 1.54) is 31.0 Å². The number of methoxy groups -OCH3 is 1. The van der Waals surface area contributed by atoms with Crippen molar-refractivity contribution >= 4 is 35.1 Å². The molecule has 1 fully saturated rings. The third-order valence-electron chi connectivity index (χ3n) is 3.52. The van der Waals surface area contributed by atoms with Crippen molar-refractivity contribution in [2.24, 2.45) is 0 Å². The van der Waals surface area contributed by atoms with Crippen molar-refractivity contribution in [3.63, 3.8) is 0 Å². The van der Waals surface area contributed by atoms with Gasteiger partial charge in [-0.2, -0.15) is 0 Å². The molecular weight excluding hydrogens is 336 g/mol. The van der Waals surface area contributed by atoms with Crippen LogP contribution in [0, 0.1) is 0 Å². The Morgan fingerprint density at radius 3 is 2.91 bits per heavy atom. The number of hydrogen-bond acceptors (Lipinski definition) is 6. The number of carbonyl (C=O) groups is 1. The van der Waals surface area contributed by atoms with Crippen molar-refractivity contribution in [2.45, 2.75) is 30.8 Å². The molecule has 1 aliphatic heterocycles. The first-order valence-corrected chi connectivity index (χ1v) is 9.23. The Morgan fingerprint density at radius 2 is 2.17 bits per heavy atom. The van der Waals surface area contributed by atoms with Crippen LogP contribution in [-0.2, 0) is 9.53 Å². The molecule has 0 atom stereocenters. The van der Waals surface area contributed by atoms with E-state index in [2.05, 4.69) is 20.2 Å². The molecule has 1 N–H and O–H groups in total. The molecule has 0 saturated carbocycles. The van der Waals surface area contributed by atoms with Gasteiger partial charge in [-0.25, -0.2) is 9.97 Å². The van der Waals surface area contributed by atoms with Crippen LogP contribution >= 0.6 is 23.4 Å². The molecule has 1 aliphatic rings. The molecule has 1 saturated heterocycles. The average molecular weight is 359 g/mol. The Kier molecular flexibility index (Phi) is 7.91. The van der Waals surface area contributed by atoms with Crippen molar-refractivity contribution in [1.82, 2.24) is 15.3 Å². The number of halogens is 1. The van der Waals surface area contributed by atoms with Crippen LogP contribution in [-0.4, -0.2) is 55.0 Å². The molecular formula is C15H23ClN4O2S. The molecule has 2 heterocycles. The van der Waals surface area contributed by atoms with Gasteiger partial charge in [-0.3, -0.25) is 4.79 Å². The smallest absolute Gasteiger partial charge is 0.230 e. The minimum atomic E-state index is -0.0331. The molecule has 2 rings (SSSR count). The van der Waals surface area contributed by atoms with E-state index in [0.717, 1.165) is 25.3 Å². The van der Waals surface area contributed by atoms with E-state index in [1.54, 1.807) is 13.2 Å². The lowest BCUT2D eigenvalue weighted by molar-refractivity contribution is -0.118. The number of anilines is 1. The molecule has 8 heteroatoms. The third kappa shape index (κ3) is 6.53. The van der Waals surface area contributed by atoms with Gasteiger partial charge in [0.15, 0.2) is 5.16 Å². The highest BCUT2D eigenvalue weighted by molar-refractivity contribution is 7.99. The van der Waals surface area contributed by atoms with E-state index in [1.807, 2.05) is 0 Å². The molecule has 128 valence electrons. The van der Waals surface area contributed by atoms with Crippen LogP contribution in [0.1, 0.15) is 25.7 Å². The summed E-state index contributed by atoms with van der Waals surface area (Å²) in [5, 5.41) is 3.81. The zero-order valence-electron chi connectivity index (χ0n) is 13.4. The van der Waals surface area contributed by atoms with Crippen LogP contribution < -0.4 is 10.2 Å². The van der Waals surface area contributed by atoms with Crippen LogP contribution in [0.25, 0.3) is 0 Å². The van der Waals surface area contributed by atoms with Gasteiger partial charge >= 0.3 is 0 Å². The molecule has 0 spiro atoms. The SMILES string of the molecule is COCCCNC(=O)CSc1nc(Cl)cc(N2CCCCC2)n1. The zero-order chi connectivity index (χ0) is 16.5. The second-order valence-electron chi connectivity index (χ2n) is 5.36. The van der Waals surface area contributed by atoms with Gasteiger partial charge in [0, 0.05) is 39.4 Å². The van der Waals surface area contributed by atoms with E-state index >= 15 is 0 Å². The summed E-state index contributed by atoms with van der Waals surface area (Å²) in [5.41, 5.74) is 0. The maximum absolute atomic E-state index is 11.8. The molecule has 23 heavy (non-hydrogen) atoms. The number of nitrogens with one attached hydrogen (secondary N) is 1. The van der Waals surface area contributed by atoms with Crippen LogP contribution in [0.15, 0.2) is 11.2 Å². The van der Waals surface area contributed by atoms with Crippen LogP contribution in [0.5, 0.6) is 0 Å². The first-order valence-electron chi connectivity index (χ1n) is 7.87. The highest BCUT2D eigenvalue weighted by Gasteiger charge is 2.15. The molecule has 1 aromatic heterocycles. The van der Waals surface area contributed by atoms with Gasteiger partial charge in [0.25, 0.3) is 0 Å². The van der Waals surface area contributed by atoms with Gasteiger partial charge in [0.1, 0.15) is 11.0 Å². The zero-order valence-corrected chi connectivity index (χ0v) is 15.0. The summed E-state index contributed by atoms with van der Waals surface area (Å²) in [6, 6.07) is 1.79. The number of nitrogens with zero attached hydrogens (tertiary/aromatic N) is 3. The number of hydrogen-bond donors (Lipinski definition) is 1. The Bertz CT molecular complexity index is 512.